The van der Waals surface area contributed by atoms with Crippen molar-refractivity contribution in [1.29, 1.82) is 0 Å². The summed E-state index contributed by atoms with van der Waals surface area (Å²) < 4.78 is 11.5. The second-order valence-electron chi connectivity index (χ2n) is 3.64. The average Bonchev–Trinajstić information content (AvgIpc) is 2.66. The van der Waals surface area contributed by atoms with Crippen LogP contribution >= 0.6 is 0 Å². The second-order valence-corrected chi connectivity index (χ2v) is 3.64. The van der Waals surface area contributed by atoms with Crippen LogP contribution in [0.3, 0.4) is 0 Å². The van der Waals surface area contributed by atoms with Crippen molar-refractivity contribution >= 4 is 16.9 Å². The quantitative estimate of drug-likeness (QED) is 0.804. The Morgan fingerprint density at radius 3 is 2.65 bits per heavy atom. The summed E-state index contributed by atoms with van der Waals surface area (Å²) in [7, 11) is 4.52. The Morgan fingerprint density at radius 1 is 1.35 bits per heavy atom. The van der Waals surface area contributed by atoms with Crippen molar-refractivity contribution in [1.82, 2.24) is 4.57 Å². The summed E-state index contributed by atoms with van der Waals surface area (Å²) in [6.45, 7) is 0. The van der Waals surface area contributed by atoms with Crippen molar-refractivity contribution in [3.63, 3.8) is 0 Å². The molecule has 0 aliphatic carbocycles. The van der Waals surface area contributed by atoms with Crippen molar-refractivity contribution in [3.8, 4) is 11.5 Å². The summed E-state index contributed by atoms with van der Waals surface area (Å²) in [6, 6.07) is 4.95. The van der Waals surface area contributed by atoms with Gasteiger partial charge in [-0.2, -0.15) is 0 Å². The first kappa shape index (κ1) is 11.3. The molecule has 1 aromatic heterocycles. The monoisotopic (exact) mass is 235 g/mol. The van der Waals surface area contributed by atoms with Crippen LogP contribution in [0.15, 0.2) is 18.2 Å². The van der Waals surface area contributed by atoms with Crippen LogP contribution in [-0.4, -0.2) is 29.9 Å². The van der Waals surface area contributed by atoms with Crippen LogP contribution in [0.2, 0.25) is 0 Å². The van der Waals surface area contributed by atoms with E-state index in [4.69, 9.17) is 4.74 Å². The molecular weight excluding hydrogens is 222 g/mol. The number of aryl methyl sites for hydroxylation is 1. The number of nitrogens with zero attached hydrogens (tertiary/aromatic N) is 1. The number of rotatable bonds is 2. The third kappa shape index (κ3) is 1.60. The van der Waals surface area contributed by atoms with E-state index in [1.54, 1.807) is 23.7 Å². The zero-order chi connectivity index (χ0) is 12.6. The maximum atomic E-state index is 11.5. The Bertz CT molecular complexity index is 586. The number of esters is 1. The number of hydrogen-bond donors (Lipinski definition) is 1. The van der Waals surface area contributed by atoms with Gasteiger partial charge >= 0.3 is 5.97 Å². The van der Waals surface area contributed by atoms with Crippen molar-refractivity contribution in [2.75, 3.05) is 14.2 Å². The standard InChI is InChI=1S/C12H13NO4/c1-13-8(12(15)17-3)6-7-4-5-9(14)11(16-2)10(7)13/h4-6,14H,1-3H3. The van der Waals surface area contributed by atoms with Gasteiger partial charge in [0.05, 0.1) is 19.7 Å². The van der Waals surface area contributed by atoms with Gasteiger partial charge in [0, 0.05) is 12.4 Å². The number of aromatic hydroxyl groups is 1. The summed E-state index contributed by atoms with van der Waals surface area (Å²) in [4.78, 5) is 11.5. The van der Waals surface area contributed by atoms with Gasteiger partial charge in [-0.05, 0) is 18.2 Å². The summed E-state index contributed by atoms with van der Waals surface area (Å²) >= 11 is 0. The van der Waals surface area contributed by atoms with E-state index in [0.29, 0.717) is 17.0 Å². The van der Waals surface area contributed by atoms with Crippen LogP contribution in [0.1, 0.15) is 10.5 Å². The van der Waals surface area contributed by atoms with E-state index in [1.807, 2.05) is 0 Å². The van der Waals surface area contributed by atoms with Crippen molar-refractivity contribution in [3.05, 3.63) is 23.9 Å². The largest absolute Gasteiger partial charge is 0.504 e. The zero-order valence-corrected chi connectivity index (χ0v) is 9.85. The van der Waals surface area contributed by atoms with Crippen molar-refractivity contribution in [2.24, 2.45) is 7.05 Å². The third-order valence-corrected chi connectivity index (χ3v) is 2.73. The van der Waals surface area contributed by atoms with Gasteiger partial charge in [-0.3, -0.25) is 0 Å². The Morgan fingerprint density at radius 2 is 2.06 bits per heavy atom. The minimum absolute atomic E-state index is 0.0395. The van der Waals surface area contributed by atoms with E-state index in [9.17, 15) is 9.90 Å². The van der Waals surface area contributed by atoms with E-state index in [2.05, 4.69) is 4.74 Å². The SMILES string of the molecule is COC(=O)c1cc2ccc(O)c(OC)c2n1C. The third-order valence-electron chi connectivity index (χ3n) is 2.73. The van der Waals surface area contributed by atoms with E-state index < -0.39 is 5.97 Å². The molecule has 0 saturated heterocycles. The molecule has 0 unspecified atom stereocenters. The predicted octanol–water partition coefficient (Wildman–Crippen LogP) is 1.68. The van der Waals surface area contributed by atoms with Crippen molar-refractivity contribution in [2.45, 2.75) is 0 Å². The summed E-state index contributed by atoms with van der Waals surface area (Å²) in [6.07, 6.45) is 0. The summed E-state index contributed by atoms with van der Waals surface area (Å²) in [5.74, 6) is -0.0389. The normalized spacial score (nSPS) is 10.5. The Balaban J connectivity index is 2.79. The predicted molar refractivity (Wildman–Crippen MR) is 62.5 cm³/mol. The van der Waals surface area contributed by atoms with Gasteiger partial charge < -0.3 is 19.1 Å². The topological polar surface area (TPSA) is 60.7 Å². The summed E-state index contributed by atoms with van der Waals surface area (Å²) in [5.41, 5.74) is 1.07. The highest BCUT2D eigenvalue weighted by molar-refractivity contribution is 5.98. The van der Waals surface area contributed by atoms with Gasteiger partial charge in [-0.15, -0.1) is 0 Å². The lowest BCUT2D eigenvalue weighted by molar-refractivity contribution is 0.0590. The molecule has 1 heterocycles. The molecule has 0 bridgehead atoms. The molecule has 0 spiro atoms. The first-order valence-electron chi connectivity index (χ1n) is 5.03. The van der Waals surface area contributed by atoms with Gasteiger partial charge in [0.15, 0.2) is 11.5 Å². The lowest BCUT2D eigenvalue weighted by Gasteiger charge is -2.07. The van der Waals surface area contributed by atoms with E-state index >= 15 is 0 Å². The molecule has 0 amide bonds. The smallest absolute Gasteiger partial charge is 0.354 e. The van der Waals surface area contributed by atoms with Gasteiger partial charge in [0.25, 0.3) is 0 Å². The maximum Gasteiger partial charge on any atom is 0.354 e. The number of phenols is 1. The molecule has 0 radical (unpaired) electrons. The molecular formula is C12H13NO4. The number of aromatic nitrogens is 1. The van der Waals surface area contributed by atoms with Gasteiger partial charge in [-0.25, -0.2) is 4.79 Å². The number of benzene rings is 1. The van der Waals surface area contributed by atoms with Crippen LogP contribution in [0.4, 0.5) is 0 Å². The number of ether oxygens (including phenoxy) is 2. The number of carbonyl (C=O) groups is 1. The molecule has 5 heteroatoms. The van der Waals surface area contributed by atoms with Gasteiger partial charge in [0.1, 0.15) is 5.69 Å². The first-order chi connectivity index (χ1) is 8.10. The fourth-order valence-electron chi connectivity index (χ4n) is 1.90. The first-order valence-corrected chi connectivity index (χ1v) is 5.03. The van der Waals surface area contributed by atoms with Gasteiger partial charge in [-0.1, -0.05) is 0 Å². The molecule has 0 atom stereocenters. The maximum absolute atomic E-state index is 11.5. The number of carbonyl (C=O) groups excluding carboxylic acids is 1. The van der Waals surface area contributed by atoms with E-state index in [-0.39, 0.29) is 5.75 Å². The van der Waals surface area contributed by atoms with Gasteiger partial charge in [0.2, 0.25) is 0 Å². The van der Waals surface area contributed by atoms with Crippen LogP contribution < -0.4 is 4.74 Å². The highest BCUT2D eigenvalue weighted by Gasteiger charge is 2.18. The molecule has 0 fully saturated rings. The highest BCUT2D eigenvalue weighted by atomic mass is 16.5. The molecule has 90 valence electrons. The number of fused-ring (bicyclic) bond motifs is 1. The van der Waals surface area contributed by atoms with Crippen molar-refractivity contribution < 1.29 is 19.4 Å². The zero-order valence-electron chi connectivity index (χ0n) is 9.85. The van der Waals surface area contributed by atoms with E-state index in [0.717, 1.165) is 5.39 Å². The molecule has 0 aliphatic rings. The number of hydrogen-bond acceptors (Lipinski definition) is 4. The molecule has 2 rings (SSSR count). The Hall–Kier alpha value is -2.17. The molecule has 0 aliphatic heterocycles. The van der Waals surface area contributed by atoms with E-state index in [1.165, 1.54) is 20.3 Å². The van der Waals surface area contributed by atoms with Crippen LogP contribution in [0, 0.1) is 0 Å². The van der Waals surface area contributed by atoms with Crippen LogP contribution in [0.25, 0.3) is 10.9 Å². The summed E-state index contributed by atoms with van der Waals surface area (Å²) in [5, 5.41) is 10.5. The average molecular weight is 235 g/mol. The molecule has 2 aromatic rings. The molecule has 5 nitrogen and oxygen atoms in total. The number of phenolic OH excluding ortho intramolecular Hbond substituents is 1. The fourth-order valence-corrected chi connectivity index (χ4v) is 1.90. The molecule has 0 saturated carbocycles. The Labute approximate surface area is 98.2 Å². The minimum Gasteiger partial charge on any atom is -0.504 e. The molecule has 1 N–H and O–H groups in total. The molecule has 1 aromatic carbocycles. The lowest BCUT2D eigenvalue weighted by atomic mass is 10.2. The van der Waals surface area contributed by atoms with Crippen LogP contribution in [0.5, 0.6) is 11.5 Å². The molecule has 17 heavy (non-hydrogen) atoms. The second kappa shape index (κ2) is 4.01. The van der Waals surface area contributed by atoms with Crippen LogP contribution in [-0.2, 0) is 11.8 Å². The highest BCUT2D eigenvalue weighted by Crippen LogP contribution is 2.35. The Kier molecular flexibility index (Phi) is 2.67. The lowest BCUT2D eigenvalue weighted by Crippen LogP contribution is -2.07. The minimum atomic E-state index is -0.426. The number of methoxy groups -OCH3 is 2. The fraction of sp³-hybridized carbons (Fsp3) is 0.250.